The summed E-state index contributed by atoms with van der Waals surface area (Å²) in [6, 6.07) is 63.4. The quantitative estimate of drug-likeness (QED) is 0.178. The van der Waals surface area contributed by atoms with Crippen LogP contribution in [0.3, 0.4) is 0 Å². The molecule has 0 atom stereocenters. The summed E-state index contributed by atoms with van der Waals surface area (Å²) < 4.78 is 4.50. The lowest BCUT2D eigenvalue weighted by molar-refractivity contribution is 1.08. The number of hydrogen-bond acceptors (Lipinski definition) is 3. The lowest BCUT2D eigenvalue weighted by Crippen LogP contribution is -1.99. The van der Waals surface area contributed by atoms with Crippen LogP contribution < -0.4 is 0 Å². The highest BCUT2D eigenvalue weighted by molar-refractivity contribution is 6.10. The zero-order valence-corrected chi connectivity index (χ0v) is 28.1. The first-order chi connectivity index (χ1) is 25.8. The average Bonchev–Trinajstić information content (AvgIpc) is 3.78. The minimum atomic E-state index is 0.804. The molecule has 0 N–H and O–H groups in total. The van der Waals surface area contributed by atoms with E-state index in [9.17, 15) is 0 Å². The summed E-state index contributed by atoms with van der Waals surface area (Å²) in [5.41, 5.74) is 13.2. The Labute approximate surface area is 300 Å². The summed E-state index contributed by atoms with van der Waals surface area (Å²) in [5.74, 6) is 0.832. The number of aromatic nitrogens is 5. The molecule has 0 amide bonds. The molecule has 0 fully saturated rings. The van der Waals surface area contributed by atoms with Crippen molar-refractivity contribution in [1.29, 1.82) is 0 Å². The monoisotopic (exact) mass is 665 g/mol. The van der Waals surface area contributed by atoms with Crippen molar-refractivity contribution in [3.63, 3.8) is 0 Å². The van der Waals surface area contributed by atoms with E-state index in [1.807, 2.05) is 24.4 Å². The first-order valence-electron chi connectivity index (χ1n) is 17.5. The van der Waals surface area contributed by atoms with Gasteiger partial charge >= 0.3 is 0 Å². The minimum absolute atomic E-state index is 0.804. The third-order valence-electron chi connectivity index (χ3n) is 9.80. The van der Waals surface area contributed by atoms with Crippen LogP contribution in [0.4, 0.5) is 0 Å². The van der Waals surface area contributed by atoms with Crippen molar-refractivity contribution in [3.8, 4) is 56.4 Å². The molecule has 4 aromatic heterocycles. The van der Waals surface area contributed by atoms with Crippen LogP contribution in [0, 0.1) is 0 Å². The van der Waals surface area contributed by atoms with Gasteiger partial charge in [0.2, 0.25) is 0 Å². The van der Waals surface area contributed by atoms with Crippen LogP contribution in [-0.4, -0.2) is 24.1 Å². The molecule has 0 bridgehead atoms. The molecule has 0 radical (unpaired) electrons. The fraction of sp³-hybridized carbons (Fsp3) is 0. The first kappa shape index (κ1) is 29.8. The van der Waals surface area contributed by atoms with Gasteiger partial charge in [-0.3, -0.25) is 4.57 Å². The number of rotatable bonds is 6. The zero-order valence-electron chi connectivity index (χ0n) is 28.1. The van der Waals surface area contributed by atoms with E-state index in [4.69, 9.17) is 15.0 Å². The van der Waals surface area contributed by atoms with E-state index in [1.54, 1.807) is 0 Å². The van der Waals surface area contributed by atoms with Crippen molar-refractivity contribution in [3.05, 3.63) is 188 Å². The van der Waals surface area contributed by atoms with Crippen molar-refractivity contribution < 1.29 is 0 Å². The van der Waals surface area contributed by atoms with Gasteiger partial charge in [0.1, 0.15) is 11.3 Å². The highest BCUT2D eigenvalue weighted by Crippen LogP contribution is 2.37. The summed E-state index contributed by atoms with van der Waals surface area (Å²) in [6.07, 6.45) is 1.90. The van der Waals surface area contributed by atoms with Gasteiger partial charge in [0.05, 0.1) is 28.1 Å². The molecule has 10 rings (SSSR count). The summed E-state index contributed by atoms with van der Waals surface area (Å²) in [7, 11) is 0. The van der Waals surface area contributed by atoms with Crippen LogP contribution in [0.15, 0.2) is 188 Å². The molecule has 6 aromatic carbocycles. The van der Waals surface area contributed by atoms with Crippen molar-refractivity contribution >= 4 is 33.0 Å². The van der Waals surface area contributed by atoms with Gasteiger partial charge in [0.25, 0.3) is 0 Å². The maximum atomic E-state index is 5.41. The zero-order chi connectivity index (χ0) is 34.4. The van der Waals surface area contributed by atoms with Crippen LogP contribution >= 0.6 is 0 Å². The molecule has 10 aromatic rings. The van der Waals surface area contributed by atoms with Crippen molar-refractivity contribution in [2.24, 2.45) is 0 Å². The van der Waals surface area contributed by atoms with Crippen molar-refractivity contribution in [2.75, 3.05) is 0 Å². The standard InChI is InChI=1S/C47H31N5/c1-4-14-33(15-5-1)40-30-36(31-41(49-40)34-16-6-2-7-17-34)32-24-26-35(27-25-32)46-50-45-44(28-29-48-47(45)51(46)37-18-8-3-9-19-37)52-42-22-12-10-20-38(42)39-21-11-13-23-43(39)52/h1-31H. The minimum Gasteiger partial charge on any atom is -0.307 e. The summed E-state index contributed by atoms with van der Waals surface area (Å²) in [4.78, 5) is 15.4. The summed E-state index contributed by atoms with van der Waals surface area (Å²) in [6.45, 7) is 0. The lowest BCUT2D eigenvalue weighted by Gasteiger charge is -2.12. The number of imidazole rings is 1. The third-order valence-corrected chi connectivity index (χ3v) is 9.80. The molecular formula is C47H31N5. The molecule has 0 saturated heterocycles. The van der Waals surface area contributed by atoms with Crippen LogP contribution in [0.2, 0.25) is 0 Å². The number of benzene rings is 6. The molecule has 0 spiro atoms. The topological polar surface area (TPSA) is 48.5 Å². The first-order valence-corrected chi connectivity index (χ1v) is 17.5. The van der Waals surface area contributed by atoms with E-state index in [2.05, 4.69) is 173 Å². The predicted octanol–water partition coefficient (Wildman–Crippen LogP) is 11.6. The van der Waals surface area contributed by atoms with E-state index < -0.39 is 0 Å². The number of para-hydroxylation sites is 3. The lowest BCUT2D eigenvalue weighted by atomic mass is 9.99. The van der Waals surface area contributed by atoms with Gasteiger partial charge in [0.15, 0.2) is 5.65 Å². The number of hydrogen-bond donors (Lipinski definition) is 0. The number of nitrogens with zero attached hydrogens (tertiary/aromatic N) is 5. The van der Waals surface area contributed by atoms with Gasteiger partial charge in [0, 0.05) is 39.3 Å². The normalized spacial score (nSPS) is 11.5. The Morgan fingerprint density at radius 2 is 0.904 bits per heavy atom. The van der Waals surface area contributed by atoms with Crippen LogP contribution in [0.1, 0.15) is 0 Å². The Morgan fingerprint density at radius 3 is 1.50 bits per heavy atom. The average molecular weight is 666 g/mol. The molecule has 244 valence electrons. The molecular weight excluding hydrogens is 635 g/mol. The van der Waals surface area contributed by atoms with E-state index in [0.29, 0.717) is 0 Å². The van der Waals surface area contributed by atoms with E-state index >= 15 is 0 Å². The van der Waals surface area contributed by atoms with Crippen LogP contribution in [0.25, 0.3) is 89.4 Å². The second-order valence-corrected chi connectivity index (χ2v) is 12.9. The third kappa shape index (κ3) is 4.98. The molecule has 52 heavy (non-hydrogen) atoms. The van der Waals surface area contributed by atoms with Gasteiger partial charge in [-0.25, -0.2) is 15.0 Å². The van der Waals surface area contributed by atoms with Gasteiger partial charge in [-0.2, -0.15) is 0 Å². The molecule has 0 aliphatic rings. The Morgan fingerprint density at radius 1 is 0.385 bits per heavy atom. The molecule has 4 heterocycles. The highest BCUT2D eigenvalue weighted by atomic mass is 15.1. The molecule has 0 unspecified atom stereocenters. The fourth-order valence-corrected chi connectivity index (χ4v) is 7.36. The Kier molecular flexibility index (Phi) is 7.07. The Hall–Kier alpha value is -7.11. The second kappa shape index (κ2) is 12.3. The maximum Gasteiger partial charge on any atom is 0.167 e. The Bertz CT molecular complexity index is 2760. The molecule has 5 heteroatoms. The fourth-order valence-electron chi connectivity index (χ4n) is 7.36. The number of pyridine rings is 2. The second-order valence-electron chi connectivity index (χ2n) is 12.9. The smallest absolute Gasteiger partial charge is 0.167 e. The van der Waals surface area contributed by atoms with E-state index in [-0.39, 0.29) is 0 Å². The highest BCUT2D eigenvalue weighted by Gasteiger charge is 2.21. The molecule has 0 aliphatic carbocycles. The maximum absolute atomic E-state index is 5.41. The van der Waals surface area contributed by atoms with E-state index in [0.717, 1.165) is 78.6 Å². The number of fused-ring (bicyclic) bond motifs is 4. The predicted molar refractivity (Wildman–Crippen MR) is 213 cm³/mol. The van der Waals surface area contributed by atoms with Gasteiger partial charge in [-0.05, 0) is 53.6 Å². The van der Waals surface area contributed by atoms with Crippen molar-refractivity contribution in [2.45, 2.75) is 0 Å². The van der Waals surface area contributed by atoms with Crippen molar-refractivity contribution in [1.82, 2.24) is 24.1 Å². The van der Waals surface area contributed by atoms with Crippen LogP contribution in [0.5, 0.6) is 0 Å². The van der Waals surface area contributed by atoms with Gasteiger partial charge < -0.3 is 4.57 Å². The van der Waals surface area contributed by atoms with Crippen LogP contribution in [-0.2, 0) is 0 Å². The molecule has 5 nitrogen and oxygen atoms in total. The Balaban J connectivity index is 1.15. The van der Waals surface area contributed by atoms with E-state index in [1.165, 1.54) is 10.8 Å². The summed E-state index contributed by atoms with van der Waals surface area (Å²) >= 11 is 0. The molecule has 0 saturated carbocycles. The van der Waals surface area contributed by atoms with Gasteiger partial charge in [-0.15, -0.1) is 0 Å². The van der Waals surface area contributed by atoms with Gasteiger partial charge in [-0.1, -0.05) is 140 Å². The SMILES string of the molecule is c1ccc(-c2cc(-c3ccc(-c4nc5c(-n6c7ccccc7c7ccccc76)ccnc5n4-c4ccccc4)cc3)cc(-c3ccccc3)n2)cc1. The largest absolute Gasteiger partial charge is 0.307 e. The molecule has 0 aliphatic heterocycles. The summed E-state index contributed by atoms with van der Waals surface area (Å²) in [5, 5.41) is 2.42.